The molecule has 2 aromatic rings. The van der Waals surface area contributed by atoms with Crippen LogP contribution in [0.4, 0.5) is 0 Å². The monoisotopic (exact) mass is 393 g/mol. The van der Waals surface area contributed by atoms with Gasteiger partial charge in [0.15, 0.2) is 0 Å². The first kappa shape index (κ1) is 20.2. The van der Waals surface area contributed by atoms with Crippen molar-refractivity contribution < 1.29 is 4.79 Å². The molecule has 2 aromatic carbocycles. The average molecular weight is 394 g/mol. The number of benzene rings is 2. The Morgan fingerprint density at radius 1 is 1.00 bits per heavy atom. The van der Waals surface area contributed by atoms with Crippen molar-refractivity contribution in [3.63, 3.8) is 0 Å². The molecule has 134 valence electrons. The maximum atomic E-state index is 12.1. The van der Waals surface area contributed by atoms with Gasteiger partial charge in [0.25, 0.3) is 0 Å². The second-order valence-electron chi connectivity index (χ2n) is 6.03. The molecule has 0 bridgehead atoms. The minimum atomic E-state index is 0.0830. The van der Waals surface area contributed by atoms with Gasteiger partial charge >= 0.3 is 0 Å². The molecule has 0 aliphatic heterocycles. The molecule has 2 nitrogen and oxygen atoms in total. The van der Waals surface area contributed by atoms with Gasteiger partial charge in [-0.2, -0.15) is 0 Å². The highest BCUT2D eigenvalue weighted by Crippen LogP contribution is 2.30. The van der Waals surface area contributed by atoms with Crippen molar-refractivity contribution in [3.8, 4) is 0 Å². The lowest BCUT2D eigenvalue weighted by atomic mass is 10.0. The van der Waals surface area contributed by atoms with Gasteiger partial charge in [-0.05, 0) is 74.2 Å². The van der Waals surface area contributed by atoms with E-state index in [0.717, 1.165) is 15.7 Å². The summed E-state index contributed by atoms with van der Waals surface area (Å²) in [5, 5.41) is 3.74. The molecular formula is C20H24ClNOS2. The first-order chi connectivity index (χ1) is 11.9. The number of nitrogens with one attached hydrogen (secondary N) is 1. The van der Waals surface area contributed by atoms with E-state index >= 15 is 0 Å². The smallest absolute Gasteiger partial charge is 0.230 e. The molecule has 0 saturated carbocycles. The van der Waals surface area contributed by atoms with Crippen LogP contribution in [0.15, 0.2) is 40.1 Å². The Morgan fingerprint density at radius 3 is 2.20 bits per heavy atom. The highest BCUT2D eigenvalue weighted by Gasteiger charge is 2.11. The number of thioether (sulfide) groups is 2. The highest BCUT2D eigenvalue weighted by atomic mass is 35.5. The molecule has 0 saturated heterocycles. The van der Waals surface area contributed by atoms with Crippen LogP contribution in [0.3, 0.4) is 0 Å². The second kappa shape index (κ2) is 9.56. The Hall–Kier alpha value is -1.10. The van der Waals surface area contributed by atoms with Crippen molar-refractivity contribution in [2.75, 3.05) is 18.1 Å². The minimum absolute atomic E-state index is 0.0830. The first-order valence-corrected chi connectivity index (χ1v) is 10.6. The average Bonchev–Trinajstić information content (AvgIpc) is 2.58. The van der Waals surface area contributed by atoms with Crippen molar-refractivity contribution in [1.29, 1.82) is 0 Å². The fourth-order valence-corrected chi connectivity index (χ4v) is 4.50. The third kappa shape index (κ3) is 5.98. The maximum Gasteiger partial charge on any atom is 0.230 e. The van der Waals surface area contributed by atoms with E-state index in [-0.39, 0.29) is 5.91 Å². The zero-order valence-electron chi connectivity index (χ0n) is 15.1. The predicted molar refractivity (Wildman–Crippen MR) is 111 cm³/mol. The molecule has 25 heavy (non-hydrogen) atoms. The third-order valence-corrected chi connectivity index (χ3v) is 6.72. The molecule has 0 aliphatic carbocycles. The molecule has 0 radical (unpaired) electrons. The van der Waals surface area contributed by atoms with Crippen LogP contribution in [0, 0.1) is 27.7 Å². The summed E-state index contributed by atoms with van der Waals surface area (Å²) in [5.41, 5.74) is 5.12. The second-order valence-corrected chi connectivity index (χ2v) is 8.62. The van der Waals surface area contributed by atoms with Gasteiger partial charge in [-0.25, -0.2) is 0 Å². The van der Waals surface area contributed by atoms with Gasteiger partial charge in [-0.15, -0.1) is 23.5 Å². The summed E-state index contributed by atoms with van der Waals surface area (Å²) in [4.78, 5) is 14.5. The van der Waals surface area contributed by atoms with E-state index < -0.39 is 0 Å². The van der Waals surface area contributed by atoms with Gasteiger partial charge in [-0.1, -0.05) is 17.7 Å². The summed E-state index contributed by atoms with van der Waals surface area (Å²) in [7, 11) is 0. The molecule has 1 N–H and O–H groups in total. The first-order valence-electron chi connectivity index (χ1n) is 8.23. The van der Waals surface area contributed by atoms with Gasteiger partial charge in [0.1, 0.15) is 0 Å². The molecule has 1 amide bonds. The number of amides is 1. The normalized spacial score (nSPS) is 10.8. The van der Waals surface area contributed by atoms with Gasteiger partial charge in [0.05, 0.1) is 5.75 Å². The summed E-state index contributed by atoms with van der Waals surface area (Å²) in [5.74, 6) is 1.38. The Morgan fingerprint density at radius 2 is 1.60 bits per heavy atom. The van der Waals surface area contributed by atoms with Crippen molar-refractivity contribution in [3.05, 3.63) is 57.6 Å². The molecule has 0 atom stereocenters. The lowest BCUT2D eigenvalue weighted by molar-refractivity contribution is -0.118. The van der Waals surface area contributed by atoms with E-state index in [1.807, 2.05) is 24.3 Å². The Bertz CT molecular complexity index is 718. The zero-order valence-corrected chi connectivity index (χ0v) is 17.5. The summed E-state index contributed by atoms with van der Waals surface area (Å²) in [6, 6.07) is 9.97. The third-order valence-electron chi connectivity index (χ3n) is 4.15. The number of rotatable bonds is 7. The minimum Gasteiger partial charge on any atom is -0.355 e. The van der Waals surface area contributed by atoms with E-state index in [1.165, 1.54) is 27.1 Å². The van der Waals surface area contributed by atoms with Gasteiger partial charge in [-0.3, -0.25) is 4.79 Å². The van der Waals surface area contributed by atoms with Crippen molar-refractivity contribution in [2.45, 2.75) is 37.5 Å². The van der Waals surface area contributed by atoms with E-state index in [0.29, 0.717) is 12.3 Å². The van der Waals surface area contributed by atoms with Crippen LogP contribution in [0.25, 0.3) is 0 Å². The van der Waals surface area contributed by atoms with Gasteiger partial charge < -0.3 is 5.32 Å². The molecular weight excluding hydrogens is 370 g/mol. The SMILES string of the molecule is Cc1cc(C)c(C)c(SCC(=O)NCCSc2ccc(Cl)cc2)c1C. The fourth-order valence-electron chi connectivity index (χ4n) is 2.48. The fraction of sp³-hybridized carbons (Fsp3) is 0.350. The number of hydrogen-bond donors (Lipinski definition) is 1. The van der Waals surface area contributed by atoms with Gasteiger partial charge in [0.2, 0.25) is 5.91 Å². The highest BCUT2D eigenvalue weighted by molar-refractivity contribution is 8.00. The van der Waals surface area contributed by atoms with E-state index in [2.05, 4.69) is 39.1 Å². The summed E-state index contributed by atoms with van der Waals surface area (Å²) in [6.45, 7) is 9.17. The lowest BCUT2D eigenvalue weighted by Crippen LogP contribution is -2.27. The van der Waals surface area contributed by atoms with Crippen LogP contribution in [0.1, 0.15) is 22.3 Å². The maximum absolute atomic E-state index is 12.1. The van der Waals surface area contributed by atoms with Crippen LogP contribution in [-0.2, 0) is 4.79 Å². The van der Waals surface area contributed by atoms with E-state index in [1.54, 1.807) is 23.5 Å². The van der Waals surface area contributed by atoms with Crippen LogP contribution < -0.4 is 5.32 Å². The molecule has 0 aromatic heterocycles. The van der Waals surface area contributed by atoms with Crippen molar-refractivity contribution >= 4 is 41.0 Å². The van der Waals surface area contributed by atoms with E-state index in [4.69, 9.17) is 11.6 Å². The standard InChI is InChI=1S/C20H24ClNOS2/c1-13-11-14(2)16(4)20(15(13)3)25-12-19(23)22-9-10-24-18-7-5-17(21)6-8-18/h5-8,11H,9-10,12H2,1-4H3,(H,22,23). The number of hydrogen-bond acceptors (Lipinski definition) is 3. The predicted octanol–water partition coefficient (Wildman–Crippen LogP) is 5.57. The van der Waals surface area contributed by atoms with Crippen LogP contribution >= 0.6 is 35.1 Å². The summed E-state index contributed by atoms with van der Waals surface area (Å²) in [6.07, 6.45) is 0. The van der Waals surface area contributed by atoms with Crippen LogP contribution in [-0.4, -0.2) is 24.0 Å². The number of carbonyl (C=O) groups excluding carboxylic acids is 1. The molecule has 0 fully saturated rings. The molecule has 2 rings (SSSR count). The number of halogens is 1. The zero-order chi connectivity index (χ0) is 18.4. The van der Waals surface area contributed by atoms with E-state index in [9.17, 15) is 4.79 Å². The molecule has 0 unspecified atom stereocenters. The number of aryl methyl sites for hydroxylation is 2. The topological polar surface area (TPSA) is 29.1 Å². The van der Waals surface area contributed by atoms with Crippen LogP contribution in [0.2, 0.25) is 5.02 Å². The molecule has 0 aliphatic rings. The Labute approximate surface area is 164 Å². The lowest BCUT2D eigenvalue weighted by Gasteiger charge is -2.14. The Kier molecular flexibility index (Phi) is 7.73. The quantitative estimate of drug-likeness (QED) is 0.492. The molecule has 5 heteroatoms. The Balaban J connectivity index is 1.77. The van der Waals surface area contributed by atoms with Crippen molar-refractivity contribution in [1.82, 2.24) is 5.32 Å². The molecule has 0 heterocycles. The summed E-state index contributed by atoms with van der Waals surface area (Å²) < 4.78 is 0. The van der Waals surface area contributed by atoms with Crippen LogP contribution in [0.5, 0.6) is 0 Å². The largest absolute Gasteiger partial charge is 0.355 e. The van der Waals surface area contributed by atoms with Crippen molar-refractivity contribution in [2.24, 2.45) is 0 Å². The van der Waals surface area contributed by atoms with Gasteiger partial charge in [0, 0.05) is 27.1 Å². The number of carbonyl (C=O) groups is 1. The summed E-state index contributed by atoms with van der Waals surface area (Å²) >= 11 is 9.22. The molecule has 0 spiro atoms.